The fraction of sp³-hybridized carbons (Fsp3) is 0.288. The first kappa shape index (κ1) is 37.5. The van der Waals surface area contributed by atoms with E-state index in [2.05, 4.69) is 175 Å². The fourth-order valence-electron chi connectivity index (χ4n) is 13.1. The molecule has 0 radical (unpaired) electrons. The maximum Gasteiger partial charge on any atom is 0.155 e. The predicted molar refractivity (Wildman–Crippen MR) is 259 cm³/mol. The van der Waals surface area contributed by atoms with E-state index in [9.17, 15) is 0 Å². The van der Waals surface area contributed by atoms with E-state index in [-0.39, 0.29) is 18.1 Å². The Hall–Kier alpha value is -6.10. The Morgan fingerprint density at radius 2 is 1.52 bits per heavy atom. The molecule has 1 saturated carbocycles. The Balaban J connectivity index is 1.01. The van der Waals surface area contributed by atoms with Crippen LogP contribution in [0.5, 0.6) is 0 Å². The van der Waals surface area contributed by atoms with Gasteiger partial charge in [-0.25, -0.2) is 4.99 Å². The van der Waals surface area contributed by atoms with Crippen LogP contribution in [-0.4, -0.2) is 28.5 Å². The van der Waals surface area contributed by atoms with E-state index in [0.717, 1.165) is 54.8 Å². The Kier molecular flexibility index (Phi) is 9.10. The molecule has 3 aliphatic heterocycles. The van der Waals surface area contributed by atoms with Crippen molar-refractivity contribution in [3.8, 4) is 0 Å². The second-order valence-electron chi connectivity index (χ2n) is 19.2. The number of benzene rings is 4. The van der Waals surface area contributed by atoms with Crippen molar-refractivity contribution in [1.29, 1.82) is 0 Å². The number of rotatable bonds is 5. The maximum absolute atomic E-state index is 6.67. The number of aliphatic imine (C=N–C) groups is 2. The van der Waals surface area contributed by atoms with Gasteiger partial charge in [0.2, 0.25) is 0 Å². The molecule has 4 nitrogen and oxygen atoms in total. The summed E-state index contributed by atoms with van der Waals surface area (Å²) in [7, 11) is 0. The summed E-state index contributed by atoms with van der Waals surface area (Å²) in [5, 5.41) is 1.28. The van der Waals surface area contributed by atoms with Crippen LogP contribution in [-0.2, 0) is 0 Å². The molecule has 5 aromatic rings. The van der Waals surface area contributed by atoms with Crippen molar-refractivity contribution < 1.29 is 4.42 Å². The summed E-state index contributed by atoms with van der Waals surface area (Å²) in [6, 6.07) is 39.0. The molecule has 5 aliphatic carbocycles. The Morgan fingerprint density at radius 1 is 0.683 bits per heavy atom. The number of para-hydroxylation sites is 1. The van der Waals surface area contributed by atoms with E-state index in [1.807, 2.05) is 0 Å². The zero-order valence-corrected chi connectivity index (χ0v) is 35.8. The van der Waals surface area contributed by atoms with Crippen LogP contribution in [0.4, 0.5) is 0 Å². The molecule has 1 aromatic heterocycles. The third-order valence-electron chi connectivity index (χ3n) is 15.9. The van der Waals surface area contributed by atoms with Crippen molar-refractivity contribution in [2.75, 3.05) is 0 Å². The molecule has 0 spiro atoms. The number of fused-ring (bicyclic) bond motifs is 13. The normalized spacial score (nSPS) is 30.3. The number of hydrogen-bond donors (Lipinski definition) is 0. The topological polar surface area (TPSA) is 41.1 Å². The zero-order chi connectivity index (χ0) is 41.4. The third kappa shape index (κ3) is 6.35. The van der Waals surface area contributed by atoms with Gasteiger partial charge in [-0.3, -0.25) is 9.89 Å². The molecule has 310 valence electrons. The first-order chi connectivity index (χ1) is 31.2. The molecular formula is C59H53N3O. The van der Waals surface area contributed by atoms with Crippen molar-refractivity contribution in [2.45, 2.75) is 81.5 Å². The maximum atomic E-state index is 6.67. The zero-order valence-electron chi connectivity index (χ0n) is 35.8. The van der Waals surface area contributed by atoms with E-state index in [0.29, 0.717) is 35.6 Å². The molecule has 3 fully saturated rings. The van der Waals surface area contributed by atoms with E-state index in [1.165, 1.54) is 74.9 Å². The van der Waals surface area contributed by atoms with E-state index < -0.39 is 0 Å². The Labute approximate surface area is 371 Å². The number of nitrogens with zero attached hydrogens (tertiary/aromatic N) is 3. The minimum Gasteiger partial charge on any atom is -0.456 e. The van der Waals surface area contributed by atoms with Gasteiger partial charge in [0.25, 0.3) is 0 Å². The fourth-order valence-corrected chi connectivity index (χ4v) is 13.1. The van der Waals surface area contributed by atoms with Crippen LogP contribution in [0.15, 0.2) is 184 Å². The SMILES string of the molecule is C1=CCC(c2cc(C3=CCCC=C3)cc(C3=CCC4C(=C3)C3=NC(c5ccccc5)=NC(c5ccccc5)CC3C3CCC5C(C3)N4[C@H]3c4c(oc6ccccc46)C=C[C@@H]53)c2)C=C1. The smallest absolute Gasteiger partial charge is 0.155 e. The van der Waals surface area contributed by atoms with Gasteiger partial charge in [0.15, 0.2) is 5.84 Å². The predicted octanol–water partition coefficient (Wildman–Crippen LogP) is 14.0. The Bertz CT molecular complexity index is 2920. The van der Waals surface area contributed by atoms with Crippen molar-refractivity contribution in [3.63, 3.8) is 0 Å². The van der Waals surface area contributed by atoms with E-state index in [4.69, 9.17) is 14.4 Å². The van der Waals surface area contributed by atoms with Gasteiger partial charge in [0, 0.05) is 52.4 Å². The Morgan fingerprint density at radius 3 is 2.37 bits per heavy atom. The number of allylic oxidation sites excluding steroid dienone is 10. The molecule has 63 heavy (non-hydrogen) atoms. The number of hydrogen-bond acceptors (Lipinski definition) is 4. The molecule has 0 amide bonds. The molecule has 7 unspecified atom stereocenters. The largest absolute Gasteiger partial charge is 0.456 e. The molecule has 2 bridgehead atoms. The molecule has 2 saturated heterocycles. The lowest BCUT2D eigenvalue weighted by Crippen LogP contribution is -2.51. The molecule has 8 aliphatic rings. The second kappa shape index (κ2) is 15.3. The standard InChI is InChI=1S/C59H53N3O/c1-5-15-37(16-6-1)43-31-44(38-17-7-2-8-18-38)33-45(32-43)41-26-29-52-50(34-41)57-49(36-51(39-19-9-3-10-20-39)60-59(61-57)40-21-11-4-12-22-40)42-25-27-46-47-28-30-55-56(58(47)62(52)53(46)35-42)48-23-13-14-24-54(48)63-55/h1,3-7,9-15,17-24,26,28,30-34,37,42,46-47,49,51-53,58H,2,8,16,25,27,29,35-36H2/t37?,42?,46?,47-,49?,51?,52?,53?,58+/m0/s1. The highest BCUT2D eigenvalue weighted by Gasteiger charge is 2.58. The summed E-state index contributed by atoms with van der Waals surface area (Å²) in [6.07, 6.45) is 35.1. The highest BCUT2D eigenvalue weighted by Crippen LogP contribution is 2.60. The van der Waals surface area contributed by atoms with Gasteiger partial charge >= 0.3 is 0 Å². The molecule has 13 rings (SSSR count). The van der Waals surface area contributed by atoms with Crippen molar-refractivity contribution in [3.05, 3.63) is 209 Å². The van der Waals surface area contributed by atoms with Gasteiger partial charge in [-0.05, 0) is 126 Å². The van der Waals surface area contributed by atoms with Crippen LogP contribution in [0.1, 0.15) is 109 Å². The van der Waals surface area contributed by atoms with Gasteiger partial charge in [-0.15, -0.1) is 0 Å². The number of amidine groups is 1. The summed E-state index contributed by atoms with van der Waals surface area (Å²) < 4.78 is 6.67. The van der Waals surface area contributed by atoms with Gasteiger partial charge in [0.1, 0.15) is 11.3 Å². The lowest BCUT2D eigenvalue weighted by Gasteiger charge is -2.48. The summed E-state index contributed by atoms with van der Waals surface area (Å²) in [4.78, 5) is 14.6. The third-order valence-corrected chi connectivity index (χ3v) is 15.9. The highest BCUT2D eigenvalue weighted by molar-refractivity contribution is 6.15. The van der Waals surface area contributed by atoms with Crippen molar-refractivity contribution >= 4 is 39.7 Å². The first-order valence-corrected chi connectivity index (χ1v) is 23.7. The highest BCUT2D eigenvalue weighted by atomic mass is 16.3. The average molecular weight is 820 g/mol. The van der Waals surface area contributed by atoms with Crippen LogP contribution in [0.2, 0.25) is 0 Å². The lowest BCUT2D eigenvalue weighted by molar-refractivity contribution is 0.0790. The van der Waals surface area contributed by atoms with E-state index >= 15 is 0 Å². The molecule has 4 aromatic carbocycles. The first-order valence-electron chi connectivity index (χ1n) is 23.7. The molecule has 4 heterocycles. The molecule has 4 heteroatoms. The molecule has 0 N–H and O–H groups in total. The van der Waals surface area contributed by atoms with Crippen molar-refractivity contribution in [1.82, 2.24) is 4.90 Å². The molecule has 9 atom stereocenters. The monoisotopic (exact) mass is 819 g/mol. The molecular weight excluding hydrogens is 767 g/mol. The lowest BCUT2D eigenvalue weighted by atomic mass is 9.65. The van der Waals surface area contributed by atoms with Gasteiger partial charge in [-0.2, -0.15) is 0 Å². The van der Waals surface area contributed by atoms with Gasteiger partial charge < -0.3 is 4.42 Å². The van der Waals surface area contributed by atoms with Crippen LogP contribution in [0, 0.1) is 23.7 Å². The van der Waals surface area contributed by atoms with E-state index in [1.54, 1.807) is 0 Å². The minimum absolute atomic E-state index is 0.0289. The summed E-state index contributed by atoms with van der Waals surface area (Å²) in [5.41, 5.74) is 14.1. The van der Waals surface area contributed by atoms with Crippen LogP contribution < -0.4 is 0 Å². The quantitative estimate of drug-likeness (QED) is 0.177. The summed E-state index contributed by atoms with van der Waals surface area (Å²) in [6.45, 7) is 0. The summed E-state index contributed by atoms with van der Waals surface area (Å²) in [5.74, 6) is 4.13. The van der Waals surface area contributed by atoms with Gasteiger partial charge in [0.05, 0.1) is 11.8 Å². The van der Waals surface area contributed by atoms with Crippen molar-refractivity contribution in [2.24, 2.45) is 33.7 Å². The summed E-state index contributed by atoms with van der Waals surface area (Å²) >= 11 is 0. The van der Waals surface area contributed by atoms with Crippen LogP contribution in [0.25, 0.3) is 28.2 Å². The number of furan rings is 1. The van der Waals surface area contributed by atoms with Crippen LogP contribution >= 0.6 is 0 Å². The minimum atomic E-state index is 0.0289. The second-order valence-corrected chi connectivity index (χ2v) is 19.2. The average Bonchev–Trinajstić information content (AvgIpc) is 3.81. The van der Waals surface area contributed by atoms with Gasteiger partial charge in [-0.1, -0.05) is 146 Å². The van der Waals surface area contributed by atoms with Crippen LogP contribution in [0.3, 0.4) is 0 Å².